The van der Waals surface area contributed by atoms with Crippen molar-refractivity contribution in [2.45, 2.75) is 19.4 Å². The molecule has 0 amide bonds. The summed E-state index contributed by atoms with van der Waals surface area (Å²) in [6, 6.07) is 16.2. The number of para-hydroxylation sites is 1. The molecule has 1 N–H and O–H groups in total. The van der Waals surface area contributed by atoms with Gasteiger partial charge in [-0.2, -0.15) is 0 Å². The molecular formula is C21H25N3O3S2. The minimum Gasteiger partial charge on any atom is -0.431 e. The molecule has 0 saturated carbocycles. The molecule has 0 unspecified atom stereocenters. The third kappa shape index (κ3) is 5.76. The Hall–Kier alpha value is -2.00. The molecule has 1 aromatic heterocycles. The van der Waals surface area contributed by atoms with Gasteiger partial charge in [-0.05, 0) is 61.7 Å². The van der Waals surface area contributed by atoms with E-state index in [-0.39, 0.29) is 0 Å². The second-order valence-corrected chi connectivity index (χ2v) is 10.4. The fraction of sp³-hybridized carbons (Fsp3) is 0.381. The Kier molecular flexibility index (Phi) is 6.15. The lowest BCUT2D eigenvalue weighted by atomic mass is 9.97. The van der Waals surface area contributed by atoms with Crippen molar-refractivity contribution in [1.82, 2.24) is 14.6 Å². The molecule has 154 valence electrons. The maximum Gasteiger partial charge on any atom is 0.279 e. The van der Waals surface area contributed by atoms with Crippen molar-refractivity contribution in [1.29, 1.82) is 0 Å². The first-order valence-electron chi connectivity index (χ1n) is 9.74. The van der Waals surface area contributed by atoms with Crippen LogP contribution < -0.4 is 9.46 Å². The molecule has 6 nitrogen and oxygen atoms in total. The number of fused-ring (bicyclic) bond motifs is 1. The molecule has 1 fully saturated rings. The highest BCUT2D eigenvalue weighted by Crippen LogP contribution is 2.31. The second-order valence-electron chi connectivity index (χ2n) is 7.53. The van der Waals surface area contributed by atoms with E-state index >= 15 is 0 Å². The summed E-state index contributed by atoms with van der Waals surface area (Å²) in [7, 11) is -3.10. The van der Waals surface area contributed by atoms with Gasteiger partial charge in [0.15, 0.2) is 0 Å². The van der Waals surface area contributed by atoms with E-state index in [1.165, 1.54) is 11.8 Å². The van der Waals surface area contributed by atoms with Crippen molar-refractivity contribution in [2.24, 2.45) is 5.92 Å². The van der Waals surface area contributed by atoms with Gasteiger partial charge in [0, 0.05) is 13.1 Å². The Morgan fingerprint density at radius 3 is 2.55 bits per heavy atom. The predicted octanol–water partition coefficient (Wildman–Crippen LogP) is 3.85. The van der Waals surface area contributed by atoms with E-state index in [2.05, 4.69) is 26.7 Å². The van der Waals surface area contributed by atoms with Gasteiger partial charge >= 0.3 is 0 Å². The molecule has 1 aliphatic rings. The van der Waals surface area contributed by atoms with Crippen LogP contribution in [0.1, 0.15) is 18.4 Å². The third-order valence-electron chi connectivity index (χ3n) is 5.15. The minimum atomic E-state index is -3.10. The van der Waals surface area contributed by atoms with Crippen LogP contribution in [0.2, 0.25) is 0 Å². The molecule has 4 rings (SSSR count). The van der Waals surface area contributed by atoms with Crippen molar-refractivity contribution >= 4 is 31.6 Å². The van der Waals surface area contributed by atoms with Crippen molar-refractivity contribution in [3.63, 3.8) is 0 Å². The zero-order valence-electron chi connectivity index (χ0n) is 16.4. The normalized spacial score (nSPS) is 16.3. The minimum absolute atomic E-state index is 0.422. The number of piperidine rings is 1. The van der Waals surface area contributed by atoms with Gasteiger partial charge < -0.3 is 4.74 Å². The number of ether oxygens (including phenoxy) is 1. The maximum absolute atomic E-state index is 11.2. The van der Waals surface area contributed by atoms with Gasteiger partial charge in [-0.25, -0.2) is 18.1 Å². The number of nitrogens with zero attached hydrogens (tertiary/aromatic N) is 2. The molecule has 0 bridgehead atoms. The summed E-state index contributed by atoms with van der Waals surface area (Å²) < 4.78 is 32.1. The third-order valence-corrected chi connectivity index (χ3v) is 6.76. The van der Waals surface area contributed by atoms with Crippen molar-refractivity contribution in [3.8, 4) is 10.9 Å². The lowest BCUT2D eigenvalue weighted by Crippen LogP contribution is -2.38. The van der Waals surface area contributed by atoms with Gasteiger partial charge in [-0.3, -0.25) is 4.90 Å². The van der Waals surface area contributed by atoms with E-state index in [0.29, 0.717) is 17.7 Å². The summed E-state index contributed by atoms with van der Waals surface area (Å²) in [4.78, 5) is 6.92. The van der Waals surface area contributed by atoms with Gasteiger partial charge in [0.25, 0.3) is 5.19 Å². The number of thiazole rings is 1. The number of sulfonamides is 1. The molecule has 29 heavy (non-hydrogen) atoms. The summed E-state index contributed by atoms with van der Waals surface area (Å²) in [6.07, 6.45) is 3.25. The zero-order chi connectivity index (χ0) is 20.3. The topological polar surface area (TPSA) is 71.5 Å². The van der Waals surface area contributed by atoms with Gasteiger partial charge in [-0.15, -0.1) is 0 Å². The highest BCUT2D eigenvalue weighted by Gasteiger charge is 2.20. The summed E-state index contributed by atoms with van der Waals surface area (Å²) in [5, 5.41) is 0.656. The van der Waals surface area contributed by atoms with E-state index in [1.54, 1.807) is 11.3 Å². The van der Waals surface area contributed by atoms with Crippen LogP contribution in [0.3, 0.4) is 0 Å². The van der Waals surface area contributed by atoms with E-state index < -0.39 is 10.0 Å². The maximum atomic E-state index is 11.2. The number of benzene rings is 2. The van der Waals surface area contributed by atoms with Gasteiger partial charge in [0.1, 0.15) is 5.75 Å². The van der Waals surface area contributed by atoms with Gasteiger partial charge in [-0.1, -0.05) is 35.6 Å². The Bertz CT molecular complexity index is 1020. The van der Waals surface area contributed by atoms with Crippen LogP contribution in [0.25, 0.3) is 10.2 Å². The van der Waals surface area contributed by atoms with Crippen LogP contribution in [0, 0.1) is 5.92 Å². The van der Waals surface area contributed by atoms with Crippen molar-refractivity contribution in [2.75, 3.05) is 25.9 Å². The lowest BCUT2D eigenvalue weighted by Gasteiger charge is -2.31. The Morgan fingerprint density at radius 1 is 1.14 bits per heavy atom. The average Bonchev–Trinajstić information content (AvgIpc) is 3.11. The number of rotatable bonds is 7. The molecule has 0 spiro atoms. The van der Waals surface area contributed by atoms with Crippen LogP contribution in [-0.4, -0.2) is 44.2 Å². The van der Waals surface area contributed by atoms with Crippen LogP contribution >= 0.6 is 11.3 Å². The molecule has 0 radical (unpaired) electrons. The number of nitrogens with one attached hydrogen (secondary N) is 1. The molecule has 1 aliphatic heterocycles. The number of aromatic nitrogens is 1. The fourth-order valence-electron chi connectivity index (χ4n) is 3.53. The average molecular weight is 432 g/mol. The first-order chi connectivity index (χ1) is 13.9. The smallest absolute Gasteiger partial charge is 0.279 e. The van der Waals surface area contributed by atoms with Crippen LogP contribution in [0.15, 0.2) is 48.5 Å². The highest BCUT2D eigenvalue weighted by atomic mass is 32.2. The molecule has 2 aromatic carbocycles. The van der Waals surface area contributed by atoms with Crippen LogP contribution in [0.5, 0.6) is 10.9 Å². The van der Waals surface area contributed by atoms with E-state index in [9.17, 15) is 8.42 Å². The predicted molar refractivity (Wildman–Crippen MR) is 117 cm³/mol. The molecule has 3 aromatic rings. The Morgan fingerprint density at radius 2 is 1.86 bits per heavy atom. The summed E-state index contributed by atoms with van der Waals surface area (Å²) in [6.45, 7) is 3.41. The van der Waals surface area contributed by atoms with Crippen LogP contribution in [0.4, 0.5) is 0 Å². The number of hydrogen-bond donors (Lipinski definition) is 1. The molecule has 0 aliphatic carbocycles. The molecular weight excluding hydrogens is 406 g/mol. The summed E-state index contributed by atoms with van der Waals surface area (Å²) in [5.41, 5.74) is 2.20. The SMILES string of the molecule is CS(=O)(=O)NCC1CCN(Cc2ccc(Oc3nc4ccccc4s3)cc2)CC1. The van der Waals surface area contributed by atoms with Gasteiger partial charge in [0.05, 0.1) is 16.5 Å². The Balaban J connectivity index is 1.27. The van der Waals surface area contributed by atoms with E-state index in [1.807, 2.05) is 36.4 Å². The first kappa shape index (κ1) is 20.3. The quantitative estimate of drug-likeness (QED) is 0.615. The van der Waals surface area contributed by atoms with E-state index in [0.717, 1.165) is 48.4 Å². The Labute approximate surface area is 175 Å². The molecule has 0 atom stereocenters. The number of likely N-dealkylation sites (tertiary alicyclic amines) is 1. The molecule has 1 saturated heterocycles. The molecule has 2 heterocycles. The van der Waals surface area contributed by atoms with Crippen LogP contribution in [-0.2, 0) is 16.6 Å². The standard InChI is InChI=1S/C21H25N3O3S2/c1-29(25,26)22-14-16-10-12-24(13-11-16)15-17-6-8-18(9-7-17)27-21-23-19-4-2-3-5-20(19)28-21/h2-9,16,22H,10-15H2,1H3. The first-order valence-corrected chi connectivity index (χ1v) is 12.4. The molecule has 8 heteroatoms. The number of hydrogen-bond acceptors (Lipinski definition) is 6. The summed E-state index contributed by atoms with van der Waals surface area (Å²) >= 11 is 1.55. The van der Waals surface area contributed by atoms with Gasteiger partial charge in [0.2, 0.25) is 10.0 Å². The second kappa shape index (κ2) is 8.79. The monoisotopic (exact) mass is 431 g/mol. The van der Waals surface area contributed by atoms with E-state index in [4.69, 9.17) is 4.74 Å². The largest absolute Gasteiger partial charge is 0.431 e. The fourth-order valence-corrected chi connectivity index (χ4v) is 4.91. The van der Waals surface area contributed by atoms with Crippen molar-refractivity contribution < 1.29 is 13.2 Å². The summed E-state index contributed by atoms with van der Waals surface area (Å²) in [5.74, 6) is 1.21. The van der Waals surface area contributed by atoms with Crippen molar-refractivity contribution in [3.05, 3.63) is 54.1 Å². The lowest BCUT2D eigenvalue weighted by molar-refractivity contribution is 0.178. The highest BCUT2D eigenvalue weighted by molar-refractivity contribution is 7.88. The zero-order valence-corrected chi connectivity index (χ0v) is 18.0.